The molecule has 0 unspecified atom stereocenters. The number of guanidine groups is 1. The third-order valence-corrected chi connectivity index (χ3v) is 4.89. The van der Waals surface area contributed by atoms with Crippen molar-refractivity contribution in [2.24, 2.45) is 10.9 Å². The third kappa shape index (κ3) is 9.56. The number of aryl methyl sites for hydroxylation is 1. The zero-order valence-electron chi connectivity index (χ0n) is 17.0. The quantitative estimate of drug-likeness (QED) is 0.194. The number of aliphatic imine (C=N–C) groups is 1. The molecule has 1 amide bonds. The molecule has 8 heteroatoms. The van der Waals surface area contributed by atoms with Crippen LogP contribution in [0.2, 0.25) is 0 Å². The maximum absolute atomic E-state index is 12.2. The van der Waals surface area contributed by atoms with E-state index in [0.29, 0.717) is 19.6 Å². The molecule has 0 saturated heterocycles. The fourth-order valence-corrected chi connectivity index (χ4v) is 2.88. The maximum atomic E-state index is 12.2. The van der Waals surface area contributed by atoms with Crippen LogP contribution in [-0.4, -0.2) is 56.7 Å². The topological polar surface area (TPSA) is 66.0 Å². The van der Waals surface area contributed by atoms with Crippen LogP contribution in [0.15, 0.2) is 27.7 Å². The fourth-order valence-electron chi connectivity index (χ4n) is 2.52. The van der Waals surface area contributed by atoms with Crippen molar-refractivity contribution < 1.29 is 9.53 Å². The number of anilines is 1. The molecule has 158 valence electrons. The van der Waals surface area contributed by atoms with Crippen molar-refractivity contribution in [3.8, 4) is 0 Å². The standard InChI is InChI=1S/C20H31BrN4O2.HI/c1-4-22-20(25(3)11-12-27-14-16-6-7-16)23-10-9-19(26)24-18-13-17(21)8-5-15(18)2;/h5,8,13,16H,4,6-7,9-12,14H2,1-3H3,(H,22,23)(H,24,26);1H. The second-order valence-electron chi connectivity index (χ2n) is 6.93. The van der Waals surface area contributed by atoms with Crippen LogP contribution in [0.4, 0.5) is 5.69 Å². The predicted molar refractivity (Wildman–Crippen MR) is 130 cm³/mol. The summed E-state index contributed by atoms with van der Waals surface area (Å²) in [5.41, 5.74) is 1.87. The van der Waals surface area contributed by atoms with Gasteiger partial charge in [0.25, 0.3) is 0 Å². The molecule has 28 heavy (non-hydrogen) atoms. The molecule has 2 N–H and O–H groups in total. The molecule has 0 bridgehead atoms. The van der Waals surface area contributed by atoms with Gasteiger partial charge < -0.3 is 20.3 Å². The van der Waals surface area contributed by atoms with E-state index >= 15 is 0 Å². The van der Waals surface area contributed by atoms with Crippen LogP contribution in [0.3, 0.4) is 0 Å². The highest BCUT2D eigenvalue weighted by molar-refractivity contribution is 14.0. The lowest BCUT2D eigenvalue weighted by Crippen LogP contribution is -2.40. The molecule has 1 aromatic carbocycles. The zero-order valence-corrected chi connectivity index (χ0v) is 20.9. The minimum absolute atomic E-state index is 0. The van der Waals surface area contributed by atoms with E-state index in [1.54, 1.807) is 0 Å². The molecular weight excluding hydrogens is 535 g/mol. The molecule has 1 saturated carbocycles. The number of nitrogens with one attached hydrogen (secondary N) is 2. The van der Waals surface area contributed by atoms with Crippen molar-refractivity contribution in [3.05, 3.63) is 28.2 Å². The Labute approximate surface area is 194 Å². The highest BCUT2D eigenvalue weighted by atomic mass is 127. The number of likely N-dealkylation sites (N-methyl/N-ethyl adjacent to an activating group) is 1. The summed E-state index contributed by atoms with van der Waals surface area (Å²) in [6.07, 6.45) is 2.95. The van der Waals surface area contributed by atoms with E-state index in [-0.39, 0.29) is 29.9 Å². The lowest BCUT2D eigenvalue weighted by atomic mass is 10.2. The van der Waals surface area contributed by atoms with E-state index in [9.17, 15) is 4.79 Å². The van der Waals surface area contributed by atoms with Crippen LogP contribution in [-0.2, 0) is 9.53 Å². The average molecular weight is 567 g/mol. The van der Waals surface area contributed by atoms with Crippen molar-refractivity contribution in [2.75, 3.05) is 45.2 Å². The molecule has 0 atom stereocenters. The lowest BCUT2D eigenvalue weighted by Gasteiger charge is -2.22. The monoisotopic (exact) mass is 566 g/mol. The van der Waals surface area contributed by atoms with E-state index in [1.807, 2.05) is 44.0 Å². The largest absolute Gasteiger partial charge is 0.379 e. The number of rotatable bonds is 10. The Kier molecular flexibility index (Phi) is 12.0. The molecule has 0 aromatic heterocycles. The molecule has 0 spiro atoms. The lowest BCUT2D eigenvalue weighted by molar-refractivity contribution is -0.116. The zero-order chi connectivity index (χ0) is 19.6. The first kappa shape index (κ1) is 25.2. The number of amides is 1. The summed E-state index contributed by atoms with van der Waals surface area (Å²) >= 11 is 3.43. The number of halogens is 2. The van der Waals surface area contributed by atoms with E-state index in [1.165, 1.54) is 12.8 Å². The SMILES string of the molecule is CCNC(=NCCC(=O)Nc1cc(Br)ccc1C)N(C)CCOCC1CC1.I. The number of hydrogen-bond acceptors (Lipinski definition) is 3. The number of benzene rings is 1. The molecular formula is C20H32BrIN4O2. The Balaban J connectivity index is 0.00000392. The van der Waals surface area contributed by atoms with E-state index < -0.39 is 0 Å². The minimum Gasteiger partial charge on any atom is -0.379 e. The summed E-state index contributed by atoms with van der Waals surface area (Å²) in [5, 5.41) is 6.22. The maximum Gasteiger partial charge on any atom is 0.226 e. The summed E-state index contributed by atoms with van der Waals surface area (Å²) in [6.45, 7) is 7.59. The van der Waals surface area contributed by atoms with Gasteiger partial charge in [-0.25, -0.2) is 0 Å². The van der Waals surface area contributed by atoms with Gasteiger partial charge in [0.05, 0.1) is 13.2 Å². The molecule has 0 radical (unpaired) electrons. The van der Waals surface area contributed by atoms with Crippen molar-refractivity contribution in [3.63, 3.8) is 0 Å². The Bertz CT molecular complexity index is 653. The van der Waals surface area contributed by atoms with Crippen LogP contribution >= 0.6 is 39.9 Å². The van der Waals surface area contributed by atoms with Crippen LogP contribution in [0.1, 0.15) is 31.7 Å². The van der Waals surface area contributed by atoms with Gasteiger partial charge in [-0.2, -0.15) is 0 Å². The van der Waals surface area contributed by atoms with Gasteiger partial charge in [-0.3, -0.25) is 9.79 Å². The van der Waals surface area contributed by atoms with Crippen LogP contribution < -0.4 is 10.6 Å². The first-order valence-corrected chi connectivity index (χ1v) is 10.4. The summed E-state index contributed by atoms with van der Waals surface area (Å²) in [6, 6.07) is 5.85. The average Bonchev–Trinajstić information content (AvgIpc) is 3.45. The van der Waals surface area contributed by atoms with Crippen molar-refractivity contribution in [1.29, 1.82) is 0 Å². The van der Waals surface area contributed by atoms with Crippen molar-refractivity contribution in [2.45, 2.75) is 33.1 Å². The molecule has 0 heterocycles. The second kappa shape index (κ2) is 13.4. The van der Waals surface area contributed by atoms with Crippen molar-refractivity contribution in [1.82, 2.24) is 10.2 Å². The van der Waals surface area contributed by atoms with Crippen LogP contribution in [0.25, 0.3) is 0 Å². The van der Waals surface area contributed by atoms with Gasteiger partial charge in [0.2, 0.25) is 5.91 Å². The van der Waals surface area contributed by atoms with Gasteiger partial charge in [-0.15, -0.1) is 24.0 Å². The third-order valence-electron chi connectivity index (χ3n) is 4.39. The Morgan fingerprint density at radius 2 is 2.14 bits per heavy atom. The molecule has 0 aliphatic heterocycles. The predicted octanol–water partition coefficient (Wildman–Crippen LogP) is 4.03. The highest BCUT2D eigenvalue weighted by Gasteiger charge is 2.21. The molecule has 6 nitrogen and oxygen atoms in total. The van der Waals surface area contributed by atoms with Gasteiger partial charge in [0, 0.05) is 43.3 Å². The normalized spacial score (nSPS) is 13.6. The summed E-state index contributed by atoms with van der Waals surface area (Å²) in [7, 11) is 1.99. The van der Waals surface area contributed by atoms with E-state index in [0.717, 1.165) is 47.3 Å². The smallest absolute Gasteiger partial charge is 0.226 e. The molecule has 1 fully saturated rings. The van der Waals surface area contributed by atoms with E-state index in [2.05, 4.69) is 31.6 Å². The first-order chi connectivity index (χ1) is 13.0. The van der Waals surface area contributed by atoms with Gasteiger partial charge >= 0.3 is 0 Å². The fraction of sp³-hybridized carbons (Fsp3) is 0.600. The summed E-state index contributed by atoms with van der Waals surface area (Å²) in [5.74, 6) is 1.55. The number of hydrogen-bond donors (Lipinski definition) is 2. The number of carbonyl (C=O) groups is 1. The molecule has 1 aliphatic carbocycles. The number of ether oxygens (including phenoxy) is 1. The molecule has 1 aromatic rings. The Morgan fingerprint density at radius 3 is 2.82 bits per heavy atom. The van der Waals surface area contributed by atoms with Crippen LogP contribution in [0, 0.1) is 12.8 Å². The van der Waals surface area contributed by atoms with Crippen molar-refractivity contribution >= 4 is 57.5 Å². The van der Waals surface area contributed by atoms with Gasteiger partial charge in [0.1, 0.15) is 0 Å². The molecule has 1 aliphatic rings. The number of carbonyl (C=O) groups excluding carboxylic acids is 1. The van der Waals surface area contributed by atoms with Gasteiger partial charge in [-0.1, -0.05) is 22.0 Å². The number of nitrogens with zero attached hydrogens (tertiary/aromatic N) is 2. The van der Waals surface area contributed by atoms with Gasteiger partial charge in [0.15, 0.2) is 5.96 Å². The van der Waals surface area contributed by atoms with E-state index in [4.69, 9.17) is 4.74 Å². The summed E-state index contributed by atoms with van der Waals surface area (Å²) in [4.78, 5) is 18.8. The van der Waals surface area contributed by atoms with Crippen LogP contribution in [0.5, 0.6) is 0 Å². The Hall–Kier alpha value is -0.870. The van der Waals surface area contributed by atoms with Gasteiger partial charge in [-0.05, 0) is 50.3 Å². The first-order valence-electron chi connectivity index (χ1n) is 9.62. The summed E-state index contributed by atoms with van der Waals surface area (Å²) < 4.78 is 6.64. The Morgan fingerprint density at radius 1 is 1.39 bits per heavy atom. The minimum atomic E-state index is -0.0359. The molecule has 2 rings (SSSR count). The second-order valence-corrected chi connectivity index (χ2v) is 7.85. The highest BCUT2D eigenvalue weighted by Crippen LogP contribution is 2.28.